The summed E-state index contributed by atoms with van der Waals surface area (Å²) in [7, 11) is 0. The normalized spacial score (nSPS) is 16.7. The summed E-state index contributed by atoms with van der Waals surface area (Å²) in [6.07, 6.45) is 12.5. The van der Waals surface area contributed by atoms with Gasteiger partial charge in [-0.2, -0.15) is 0 Å². The van der Waals surface area contributed by atoms with E-state index >= 15 is 9.59 Å². The van der Waals surface area contributed by atoms with Gasteiger partial charge in [0.05, 0.1) is 27.6 Å². The molecular weight excluding hydrogens is 1230 g/mol. The lowest BCUT2D eigenvalue weighted by atomic mass is 9.71. The van der Waals surface area contributed by atoms with E-state index in [1.807, 2.05) is 55.8 Å². The van der Waals surface area contributed by atoms with Crippen molar-refractivity contribution in [1.82, 2.24) is 13.4 Å². The molecule has 0 amide bonds. The first-order valence-electron chi connectivity index (χ1n) is 34.9. The molecule has 1 aliphatic heterocycles. The largest absolute Gasteiger partial charge is 0.279 e. The van der Waals surface area contributed by atoms with Crippen molar-refractivity contribution in [1.29, 1.82) is 0 Å². The first-order chi connectivity index (χ1) is 49.5. The highest BCUT2D eigenvalue weighted by molar-refractivity contribution is 6.24. The smallest absolute Gasteiger partial charge is 0.263 e. The van der Waals surface area contributed by atoms with Crippen molar-refractivity contribution in [3.63, 3.8) is 0 Å². The fourth-order valence-corrected chi connectivity index (χ4v) is 18.1. The van der Waals surface area contributed by atoms with E-state index in [-0.39, 0.29) is 16.7 Å². The van der Waals surface area contributed by atoms with Crippen molar-refractivity contribution in [2.75, 3.05) is 0 Å². The Bertz CT molecular complexity index is 7030. The monoisotopic (exact) mass is 1290 g/mol. The maximum atomic E-state index is 15.6. The van der Waals surface area contributed by atoms with Crippen LogP contribution in [0.25, 0.3) is 170 Å². The van der Waals surface area contributed by atoms with E-state index in [0.717, 1.165) is 154 Å². The SMILES string of the molecule is CC1(c2ccc3c(=O)n4c5c(cc(-c6ccccc6-c6ccccc6)cc5c3c2)C2(C)CC(c3ccccc3-c3ccccc3)=CC=C42)C=CC=C(c2ccc3c(c2)c(=O)n2c4ccccc4c4cc(-c5ccc(-c6cc7c8ccccc8c(=O)n8c9ccccc9c(c6)c78)cc5)cc3c42)C1. The Morgan fingerprint density at radius 1 is 0.297 bits per heavy atom. The number of nitrogens with zero attached hydrogens (tertiary/aromatic N) is 3. The van der Waals surface area contributed by atoms with Crippen molar-refractivity contribution in [2.24, 2.45) is 0 Å². The predicted octanol–water partition coefficient (Wildman–Crippen LogP) is 22.4. The third-order valence-corrected chi connectivity index (χ3v) is 23.0. The summed E-state index contributed by atoms with van der Waals surface area (Å²) in [5, 5.41) is 12.2. The molecule has 0 fully saturated rings. The molecule has 18 aromatic rings. The summed E-state index contributed by atoms with van der Waals surface area (Å²) in [5.74, 6) is 0. The zero-order valence-corrected chi connectivity index (χ0v) is 55.4. The third kappa shape index (κ3) is 8.19. The van der Waals surface area contributed by atoms with Gasteiger partial charge in [-0.25, -0.2) is 0 Å². The Hall–Kier alpha value is -12.8. The molecule has 0 saturated heterocycles. The van der Waals surface area contributed by atoms with Crippen LogP contribution in [-0.4, -0.2) is 13.4 Å². The van der Waals surface area contributed by atoms with E-state index in [9.17, 15) is 4.79 Å². The van der Waals surface area contributed by atoms with Gasteiger partial charge in [-0.1, -0.05) is 237 Å². The number of allylic oxidation sites excluding steroid dienone is 8. The molecule has 21 rings (SSSR count). The van der Waals surface area contributed by atoms with Crippen molar-refractivity contribution < 1.29 is 0 Å². The average molecular weight is 1290 g/mol. The number of para-hydroxylation sites is 2. The van der Waals surface area contributed by atoms with Crippen molar-refractivity contribution >= 4 is 114 Å². The Kier molecular flexibility index (Phi) is 12.0. The molecule has 6 heteroatoms. The van der Waals surface area contributed by atoms with Gasteiger partial charge in [0.25, 0.3) is 16.7 Å². The number of hydrogen-bond donors (Lipinski definition) is 0. The zero-order chi connectivity index (χ0) is 67.1. The van der Waals surface area contributed by atoms with Crippen molar-refractivity contribution in [3.8, 4) is 55.6 Å². The minimum Gasteiger partial charge on any atom is -0.279 e. The fraction of sp³-hybridized carbons (Fsp3) is 0.0632. The highest BCUT2D eigenvalue weighted by Gasteiger charge is 2.45. The van der Waals surface area contributed by atoms with Crippen LogP contribution in [-0.2, 0) is 10.8 Å². The number of rotatable bonds is 8. The Labute approximate surface area is 580 Å². The van der Waals surface area contributed by atoms with E-state index < -0.39 is 10.8 Å². The summed E-state index contributed by atoms with van der Waals surface area (Å²) in [6.45, 7) is 4.65. The van der Waals surface area contributed by atoms with Crippen LogP contribution in [0, 0.1) is 0 Å². The van der Waals surface area contributed by atoms with Gasteiger partial charge in [0.2, 0.25) is 0 Å². The minimum atomic E-state index is -0.542. The summed E-state index contributed by atoms with van der Waals surface area (Å²) in [4.78, 5) is 45.2. The Morgan fingerprint density at radius 3 is 1.38 bits per heavy atom. The van der Waals surface area contributed by atoms with Gasteiger partial charge in [-0.3, -0.25) is 27.8 Å². The first kappa shape index (κ1) is 57.3. The quantitative estimate of drug-likeness (QED) is 0.142. The van der Waals surface area contributed by atoms with Crippen LogP contribution in [0.1, 0.15) is 48.9 Å². The van der Waals surface area contributed by atoms with E-state index in [4.69, 9.17) is 0 Å². The van der Waals surface area contributed by atoms with Crippen molar-refractivity contribution in [2.45, 2.75) is 37.5 Å². The summed E-state index contributed by atoms with van der Waals surface area (Å²) in [6, 6.07) is 98.9. The van der Waals surface area contributed by atoms with E-state index in [0.29, 0.717) is 29.0 Å². The van der Waals surface area contributed by atoms with E-state index in [1.165, 1.54) is 22.3 Å². The lowest BCUT2D eigenvalue weighted by Crippen LogP contribution is -2.28. The average Bonchev–Trinajstić information content (AvgIpc) is 1.56. The van der Waals surface area contributed by atoms with Crippen LogP contribution < -0.4 is 16.7 Å². The molecule has 13 aromatic carbocycles. The summed E-state index contributed by atoms with van der Waals surface area (Å²) < 4.78 is 5.88. The third-order valence-electron chi connectivity index (χ3n) is 23.0. The summed E-state index contributed by atoms with van der Waals surface area (Å²) >= 11 is 0. The van der Waals surface area contributed by atoms with Gasteiger partial charge in [0.1, 0.15) is 0 Å². The Balaban J connectivity index is 0.669. The molecule has 0 bridgehead atoms. The van der Waals surface area contributed by atoms with Crippen LogP contribution in [0.2, 0.25) is 0 Å². The molecule has 2 aliphatic carbocycles. The number of hydrogen-bond acceptors (Lipinski definition) is 3. The van der Waals surface area contributed by atoms with Crippen LogP contribution in [0.15, 0.2) is 324 Å². The van der Waals surface area contributed by atoms with Gasteiger partial charge in [-0.15, -0.1) is 0 Å². The molecule has 0 saturated carbocycles. The van der Waals surface area contributed by atoms with Crippen LogP contribution in [0.5, 0.6) is 0 Å². The highest BCUT2D eigenvalue weighted by atomic mass is 16.1. The molecule has 2 unspecified atom stereocenters. The molecule has 2 atom stereocenters. The van der Waals surface area contributed by atoms with Gasteiger partial charge in [0.15, 0.2) is 0 Å². The first-order valence-corrected chi connectivity index (χ1v) is 34.9. The highest BCUT2D eigenvalue weighted by Crippen LogP contribution is 2.56. The lowest BCUT2D eigenvalue weighted by molar-refractivity contribution is 0.610. The standard InChI is InChI=1S/C95H61N3O3/c1-94(66-41-43-76-77(53-66)82-51-65(70-28-12-10-26-68(70)59-22-7-4-8-23-59)52-84-90(82)98(92(76)100)87-44-40-62(55-95(84,87)2)69-27-11-9-25-67(69)58-20-5-3-6-21-58)45-19-24-61(54-94)60-39-42-72-79-48-64(50-81-74-31-16-18-34-86(74)97(89(79)81)93(101)83(72)46-60)57-37-35-56(36-38-57)63-47-78-71-29-13-14-32-75(71)91(99)96-85-33-17-15-30-73(85)80(49-63)88(78)96/h3-53H,54-55H2,1-2H3. The van der Waals surface area contributed by atoms with E-state index in [1.54, 1.807) is 0 Å². The molecule has 0 radical (unpaired) electrons. The maximum absolute atomic E-state index is 15.6. The molecule has 101 heavy (non-hydrogen) atoms. The van der Waals surface area contributed by atoms with Crippen LogP contribution in [0.4, 0.5) is 0 Å². The predicted molar refractivity (Wildman–Crippen MR) is 421 cm³/mol. The fourth-order valence-electron chi connectivity index (χ4n) is 18.1. The number of pyridine rings is 3. The summed E-state index contributed by atoms with van der Waals surface area (Å²) in [5.41, 5.74) is 22.6. The number of aromatic nitrogens is 3. The van der Waals surface area contributed by atoms with Gasteiger partial charge in [0, 0.05) is 70.4 Å². The van der Waals surface area contributed by atoms with Crippen LogP contribution in [0.3, 0.4) is 0 Å². The van der Waals surface area contributed by atoms with E-state index in [2.05, 4.69) is 281 Å². The number of benzene rings is 13. The molecule has 6 heterocycles. The maximum Gasteiger partial charge on any atom is 0.263 e. The Morgan fingerprint density at radius 2 is 0.752 bits per heavy atom. The molecule has 6 nitrogen and oxygen atoms in total. The van der Waals surface area contributed by atoms with Gasteiger partial charge in [-0.05, 0) is 204 Å². The molecule has 5 aromatic heterocycles. The molecular formula is C95H61N3O3. The molecule has 3 aliphatic rings. The molecule has 474 valence electrons. The number of fused-ring (bicyclic) bond motifs is 15. The lowest BCUT2D eigenvalue weighted by Gasteiger charge is -2.32. The second kappa shape index (κ2) is 21.1. The topological polar surface area (TPSA) is 65.0 Å². The minimum absolute atomic E-state index is 0.00228. The molecule has 0 N–H and O–H groups in total. The van der Waals surface area contributed by atoms with Crippen LogP contribution >= 0.6 is 0 Å². The second-order valence-electron chi connectivity index (χ2n) is 28.6. The molecule has 0 spiro atoms. The van der Waals surface area contributed by atoms with Crippen molar-refractivity contribution in [3.05, 3.63) is 363 Å². The van der Waals surface area contributed by atoms with Gasteiger partial charge >= 0.3 is 0 Å². The van der Waals surface area contributed by atoms with Gasteiger partial charge < -0.3 is 0 Å². The second-order valence-corrected chi connectivity index (χ2v) is 28.6. The zero-order valence-electron chi connectivity index (χ0n) is 55.4.